The largest absolute Gasteiger partial charge is 0.300 e. The Morgan fingerprint density at radius 3 is 2.28 bits per heavy atom. The molecule has 1 aliphatic carbocycles. The molecule has 0 heterocycles. The van der Waals surface area contributed by atoms with Crippen LogP contribution in [0.2, 0.25) is 0 Å². The number of benzene rings is 2. The minimum atomic E-state index is 0.318. The monoisotopic (exact) mass is 393 g/mol. The van der Waals surface area contributed by atoms with Gasteiger partial charge in [-0.3, -0.25) is 9.69 Å². The Morgan fingerprint density at radius 2 is 1.59 bits per heavy atom. The molecule has 0 saturated carbocycles. The molecular weight excluding hydrogens is 354 g/mol. The highest BCUT2D eigenvalue weighted by Gasteiger charge is 2.26. The summed E-state index contributed by atoms with van der Waals surface area (Å²) in [5.74, 6) is 0.318. The van der Waals surface area contributed by atoms with Gasteiger partial charge in [0.1, 0.15) is 0 Å². The van der Waals surface area contributed by atoms with Crippen LogP contribution in [0.4, 0.5) is 0 Å². The standard InChI is InChI=1S/C27H39NO/c1-4-7-10-14-26(29)23-17-21-12-11-13-22-19-25(20-24(18-23)27(21)22)28(15-8-5-2)16-9-6-3/h11-13,17-18,25H,4-10,14-16,19-20H2,1-3H3. The van der Waals surface area contributed by atoms with Crippen LogP contribution in [-0.4, -0.2) is 29.8 Å². The minimum absolute atomic E-state index is 0.318. The maximum atomic E-state index is 12.8. The molecule has 2 aromatic rings. The minimum Gasteiger partial charge on any atom is -0.300 e. The Hall–Kier alpha value is -1.67. The molecule has 1 unspecified atom stereocenters. The Morgan fingerprint density at radius 1 is 0.897 bits per heavy atom. The number of unbranched alkanes of at least 4 members (excludes halogenated alkanes) is 4. The maximum absolute atomic E-state index is 12.8. The Balaban J connectivity index is 1.87. The third-order valence-corrected chi connectivity index (χ3v) is 6.50. The van der Waals surface area contributed by atoms with Gasteiger partial charge in [0.25, 0.3) is 0 Å². The predicted molar refractivity (Wildman–Crippen MR) is 125 cm³/mol. The summed E-state index contributed by atoms with van der Waals surface area (Å²) < 4.78 is 0. The number of rotatable bonds is 12. The van der Waals surface area contributed by atoms with Gasteiger partial charge in [-0.25, -0.2) is 0 Å². The second kappa shape index (κ2) is 10.9. The molecule has 2 aromatic carbocycles. The van der Waals surface area contributed by atoms with E-state index in [0.717, 1.165) is 37.7 Å². The van der Waals surface area contributed by atoms with Crippen molar-refractivity contribution in [3.05, 3.63) is 47.0 Å². The van der Waals surface area contributed by atoms with Gasteiger partial charge < -0.3 is 0 Å². The first kappa shape index (κ1) is 22.0. The van der Waals surface area contributed by atoms with Gasteiger partial charge in [-0.2, -0.15) is 0 Å². The Labute approximate surface area is 177 Å². The second-order valence-electron chi connectivity index (χ2n) is 8.84. The maximum Gasteiger partial charge on any atom is 0.162 e. The van der Waals surface area contributed by atoms with Crippen molar-refractivity contribution in [2.45, 2.75) is 91.0 Å². The average Bonchev–Trinajstić information content (AvgIpc) is 2.74. The van der Waals surface area contributed by atoms with Gasteiger partial charge in [0.05, 0.1) is 0 Å². The van der Waals surface area contributed by atoms with Gasteiger partial charge in [0.2, 0.25) is 0 Å². The van der Waals surface area contributed by atoms with Crippen LogP contribution in [0.5, 0.6) is 0 Å². The average molecular weight is 394 g/mol. The van der Waals surface area contributed by atoms with Gasteiger partial charge in [-0.05, 0) is 79.2 Å². The molecule has 0 fully saturated rings. The summed E-state index contributed by atoms with van der Waals surface area (Å²) in [5.41, 5.74) is 3.79. The first-order valence-corrected chi connectivity index (χ1v) is 12.0. The van der Waals surface area contributed by atoms with E-state index in [1.54, 1.807) is 0 Å². The number of carbonyl (C=O) groups is 1. The summed E-state index contributed by atoms with van der Waals surface area (Å²) >= 11 is 0. The Kier molecular flexibility index (Phi) is 8.29. The first-order valence-electron chi connectivity index (χ1n) is 12.0. The third kappa shape index (κ3) is 5.48. The molecule has 0 aliphatic heterocycles. The van der Waals surface area contributed by atoms with Gasteiger partial charge in [-0.15, -0.1) is 0 Å². The van der Waals surface area contributed by atoms with Crippen molar-refractivity contribution < 1.29 is 4.79 Å². The molecule has 2 heteroatoms. The van der Waals surface area contributed by atoms with Crippen molar-refractivity contribution in [1.29, 1.82) is 0 Å². The zero-order valence-electron chi connectivity index (χ0n) is 18.8. The van der Waals surface area contributed by atoms with E-state index in [9.17, 15) is 4.79 Å². The number of Topliss-reactive ketones (excluding diaryl/α,β-unsaturated/α-hetero) is 1. The first-order chi connectivity index (χ1) is 14.2. The lowest BCUT2D eigenvalue weighted by atomic mass is 9.83. The molecule has 0 spiro atoms. The topological polar surface area (TPSA) is 20.3 Å². The van der Waals surface area contributed by atoms with E-state index in [4.69, 9.17) is 0 Å². The summed E-state index contributed by atoms with van der Waals surface area (Å²) in [7, 11) is 0. The molecule has 0 bridgehead atoms. The fourth-order valence-electron chi connectivity index (χ4n) is 4.81. The van der Waals surface area contributed by atoms with E-state index in [2.05, 4.69) is 56.0 Å². The molecule has 1 aliphatic rings. The summed E-state index contributed by atoms with van der Waals surface area (Å²) in [6.07, 6.45) is 11.2. The van der Waals surface area contributed by atoms with Crippen molar-refractivity contribution in [2.75, 3.05) is 13.1 Å². The molecule has 0 N–H and O–H groups in total. The molecule has 0 radical (unpaired) electrons. The van der Waals surface area contributed by atoms with Crippen LogP contribution in [0, 0.1) is 0 Å². The van der Waals surface area contributed by atoms with Crippen LogP contribution in [0.3, 0.4) is 0 Å². The van der Waals surface area contributed by atoms with E-state index in [0.29, 0.717) is 18.2 Å². The summed E-state index contributed by atoms with van der Waals surface area (Å²) in [4.78, 5) is 15.5. The molecule has 158 valence electrons. The third-order valence-electron chi connectivity index (χ3n) is 6.50. The summed E-state index contributed by atoms with van der Waals surface area (Å²) in [6, 6.07) is 11.6. The van der Waals surface area contributed by atoms with Crippen LogP contribution in [0.25, 0.3) is 10.8 Å². The summed E-state index contributed by atoms with van der Waals surface area (Å²) in [6.45, 7) is 9.15. The quantitative estimate of drug-likeness (QED) is 0.286. The Bertz CT molecular complexity index is 802. The van der Waals surface area contributed by atoms with E-state index in [-0.39, 0.29) is 0 Å². The van der Waals surface area contributed by atoms with Crippen molar-refractivity contribution in [1.82, 2.24) is 4.90 Å². The number of nitrogens with zero attached hydrogens (tertiary/aromatic N) is 1. The molecule has 3 rings (SSSR count). The normalized spacial score (nSPS) is 15.9. The zero-order chi connectivity index (χ0) is 20.6. The molecule has 0 aromatic heterocycles. The van der Waals surface area contributed by atoms with Gasteiger partial charge >= 0.3 is 0 Å². The molecule has 0 amide bonds. The van der Waals surface area contributed by atoms with Crippen LogP contribution in [0.15, 0.2) is 30.3 Å². The van der Waals surface area contributed by atoms with Gasteiger partial charge in [0.15, 0.2) is 5.78 Å². The summed E-state index contributed by atoms with van der Waals surface area (Å²) in [5, 5.41) is 2.67. The van der Waals surface area contributed by atoms with Crippen molar-refractivity contribution in [2.24, 2.45) is 0 Å². The van der Waals surface area contributed by atoms with Gasteiger partial charge in [0, 0.05) is 18.0 Å². The number of hydrogen-bond acceptors (Lipinski definition) is 2. The zero-order valence-corrected chi connectivity index (χ0v) is 18.8. The second-order valence-corrected chi connectivity index (χ2v) is 8.84. The van der Waals surface area contributed by atoms with E-state index in [1.165, 1.54) is 60.7 Å². The van der Waals surface area contributed by atoms with Crippen LogP contribution in [0.1, 0.15) is 93.6 Å². The number of carbonyl (C=O) groups excluding carboxylic acids is 1. The van der Waals surface area contributed by atoms with Crippen molar-refractivity contribution >= 4 is 16.6 Å². The van der Waals surface area contributed by atoms with Gasteiger partial charge in [-0.1, -0.05) is 64.7 Å². The fraction of sp³-hybridized carbons (Fsp3) is 0.593. The van der Waals surface area contributed by atoms with Crippen LogP contribution in [-0.2, 0) is 12.8 Å². The lowest BCUT2D eigenvalue weighted by Gasteiger charge is -2.35. The predicted octanol–water partition coefficient (Wildman–Crippen LogP) is 6.97. The lowest BCUT2D eigenvalue weighted by molar-refractivity contribution is 0.0979. The SMILES string of the molecule is CCCCCC(=O)c1cc2c3c(cccc3c1)CC(N(CCCC)CCCC)C2. The van der Waals surface area contributed by atoms with Crippen molar-refractivity contribution in [3.63, 3.8) is 0 Å². The van der Waals surface area contributed by atoms with Crippen LogP contribution < -0.4 is 0 Å². The molecule has 29 heavy (non-hydrogen) atoms. The number of hydrogen-bond donors (Lipinski definition) is 0. The molecule has 2 nitrogen and oxygen atoms in total. The van der Waals surface area contributed by atoms with Crippen molar-refractivity contribution in [3.8, 4) is 0 Å². The van der Waals surface area contributed by atoms with E-state index in [1.807, 2.05) is 0 Å². The fourth-order valence-corrected chi connectivity index (χ4v) is 4.81. The van der Waals surface area contributed by atoms with E-state index >= 15 is 0 Å². The van der Waals surface area contributed by atoms with Crippen LogP contribution >= 0.6 is 0 Å². The lowest BCUT2D eigenvalue weighted by Crippen LogP contribution is -2.41. The van der Waals surface area contributed by atoms with E-state index < -0.39 is 0 Å². The smallest absolute Gasteiger partial charge is 0.162 e. The highest BCUT2D eigenvalue weighted by Crippen LogP contribution is 2.33. The highest BCUT2D eigenvalue weighted by molar-refractivity contribution is 6.02. The molecule has 0 saturated heterocycles. The number of ketones is 1. The highest BCUT2D eigenvalue weighted by atomic mass is 16.1. The molecule has 1 atom stereocenters. The molecular formula is C27H39NO.